The number of thiazole rings is 1. The molecule has 3 aromatic rings. The highest BCUT2D eigenvalue weighted by Crippen LogP contribution is 2.43. The summed E-state index contributed by atoms with van der Waals surface area (Å²) < 4.78 is 16.4. The fraction of sp³-hybridized carbons (Fsp3) is 0.240. The summed E-state index contributed by atoms with van der Waals surface area (Å²) in [6.07, 6.45) is 2.86. The summed E-state index contributed by atoms with van der Waals surface area (Å²) in [5.74, 6) is -0.284. The van der Waals surface area contributed by atoms with Gasteiger partial charge in [0.05, 0.1) is 16.3 Å². The average Bonchev–Trinajstić information content (AvgIpc) is 3.03. The Morgan fingerprint density at radius 3 is 2.47 bits per heavy atom. The minimum absolute atomic E-state index is 0.0423. The summed E-state index contributed by atoms with van der Waals surface area (Å²) in [5.41, 5.74) is 2.62. The van der Waals surface area contributed by atoms with Crippen molar-refractivity contribution < 1.29 is 9.18 Å². The van der Waals surface area contributed by atoms with Crippen molar-refractivity contribution in [2.45, 2.75) is 32.7 Å². The maximum atomic E-state index is 13.5. The Morgan fingerprint density at radius 2 is 1.78 bits per heavy atom. The summed E-state index contributed by atoms with van der Waals surface area (Å²) in [7, 11) is 0. The van der Waals surface area contributed by atoms with Gasteiger partial charge in [0, 0.05) is 16.5 Å². The first kappa shape index (κ1) is 21.2. The van der Waals surface area contributed by atoms with Crippen molar-refractivity contribution in [1.82, 2.24) is 4.57 Å². The molecule has 0 saturated heterocycles. The number of carbonyl (C=O) groups excluding carboxylic acids is 1. The topological polar surface area (TPSA) is 51.4 Å². The molecule has 1 aliphatic heterocycles. The van der Waals surface area contributed by atoms with Gasteiger partial charge in [-0.3, -0.25) is 14.2 Å². The number of hydrogen-bond acceptors (Lipinski definition) is 4. The Bertz CT molecular complexity index is 1450. The van der Waals surface area contributed by atoms with Crippen LogP contribution in [0, 0.1) is 11.2 Å². The largest absolute Gasteiger partial charge is 0.294 e. The van der Waals surface area contributed by atoms with E-state index in [4.69, 9.17) is 4.99 Å². The fourth-order valence-electron chi connectivity index (χ4n) is 4.42. The van der Waals surface area contributed by atoms with Crippen molar-refractivity contribution in [1.29, 1.82) is 0 Å². The van der Waals surface area contributed by atoms with Crippen LogP contribution < -0.4 is 14.9 Å². The maximum Gasteiger partial charge on any atom is 0.271 e. The molecule has 1 aliphatic carbocycles. The number of carbonyl (C=O) groups is 1. The maximum absolute atomic E-state index is 13.5. The van der Waals surface area contributed by atoms with E-state index in [1.165, 1.54) is 23.5 Å². The quantitative estimate of drug-likeness (QED) is 0.509. The van der Waals surface area contributed by atoms with E-state index in [1.807, 2.05) is 24.3 Å². The minimum atomic E-state index is -0.506. The van der Waals surface area contributed by atoms with Crippen molar-refractivity contribution >= 4 is 39.1 Å². The zero-order chi connectivity index (χ0) is 22.6. The summed E-state index contributed by atoms with van der Waals surface area (Å²) in [4.78, 5) is 32.2. The lowest BCUT2D eigenvalue weighted by Gasteiger charge is -2.35. The van der Waals surface area contributed by atoms with Gasteiger partial charge in [-0.1, -0.05) is 65.4 Å². The summed E-state index contributed by atoms with van der Waals surface area (Å²) in [6, 6.07) is 13.2. The third-order valence-electron chi connectivity index (χ3n) is 5.85. The number of aromatic nitrogens is 1. The number of fused-ring (bicyclic) bond motifs is 1. The third kappa shape index (κ3) is 3.73. The van der Waals surface area contributed by atoms with Crippen LogP contribution in [0.25, 0.3) is 6.08 Å². The second-order valence-electron chi connectivity index (χ2n) is 8.99. The highest BCUT2D eigenvalue weighted by molar-refractivity contribution is 9.10. The minimum Gasteiger partial charge on any atom is -0.294 e. The Labute approximate surface area is 196 Å². The van der Waals surface area contributed by atoms with Crippen LogP contribution in [0.2, 0.25) is 0 Å². The monoisotopic (exact) mass is 510 g/mol. The van der Waals surface area contributed by atoms with Gasteiger partial charge in [0.25, 0.3) is 5.56 Å². The van der Waals surface area contributed by atoms with Crippen LogP contribution in [0.1, 0.15) is 43.9 Å². The molecule has 0 N–H and O–H groups in total. The third-order valence-corrected chi connectivity index (χ3v) is 7.36. The summed E-state index contributed by atoms with van der Waals surface area (Å²) in [5, 5.41) is 0. The molecule has 5 rings (SSSR count). The molecule has 0 saturated carbocycles. The molecule has 1 aromatic heterocycles. The lowest BCUT2D eigenvalue weighted by molar-refractivity contribution is -0.118. The number of rotatable bonds is 2. The molecular formula is C25H20BrFN2O2S. The van der Waals surface area contributed by atoms with E-state index in [9.17, 15) is 14.0 Å². The molecular weight excluding hydrogens is 491 g/mol. The SMILES string of the molecule is CC1(C)CC(=O)C2=C(C1)N=c1sc(=Cc3ccc(F)cc3)c(=O)n1C2c1ccc(Br)cc1. The molecule has 0 spiro atoms. The molecule has 2 aromatic carbocycles. The number of halogens is 2. The van der Waals surface area contributed by atoms with E-state index >= 15 is 0 Å². The number of benzene rings is 2. The Morgan fingerprint density at radius 1 is 1.09 bits per heavy atom. The van der Waals surface area contributed by atoms with Crippen LogP contribution >= 0.6 is 27.3 Å². The predicted molar refractivity (Wildman–Crippen MR) is 127 cm³/mol. The van der Waals surface area contributed by atoms with Crippen LogP contribution in [-0.2, 0) is 4.79 Å². The molecule has 0 amide bonds. The molecule has 4 nitrogen and oxygen atoms in total. The zero-order valence-corrected chi connectivity index (χ0v) is 20.0. The first-order valence-corrected chi connectivity index (χ1v) is 11.9. The molecule has 162 valence electrons. The summed E-state index contributed by atoms with van der Waals surface area (Å²) >= 11 is 4.76. The van der Waals surface area contributed by atoms with Gasteiger partial charge < -0.3 is 0 Å². The Kier molecular flexibility index (Phi) is 5.13. The number of allylic oxidation sites excluding steroid dienone is 2. The number of nitrogens with zero attached hydrogens (tertiary/aromatic N) is 2. The Hall–Kier alpha value is -2.64. The Balaban J connectivity index is 1.76. The normalized spacial score (nSPS) is 20.1. The van der Waals surface area contributed by atoms with Crippen molar-refractivity contribution in [3.05, 3.63) is 101 Å². The zero-order valence-electron chi connectivity index (χ0n) is 17.6. The van der Waals surface area contributed by atoms with Gasteiger partial charge in [-0.15, -0.1) is 0 Å². The highest BCUT2D eigenvalue weighted by Gasteiger charge is 2.40. The summed E-state index contributed by atoms with van der Waals surface area (Å²) in [6.45, 7) is 4.14. The van der Waals surface area contributed by atoms with E-state index in [-0.39, 0.29) is 22.6 Å². The molecule has 2 aliphatic rings. The number of ketones is 1. The van der Waals surface area contributed by atoms with Gasteiger partial charge in [0.1, 0.15) is 5.82 Å². The first-order valence-electron chi connectivity index (χ1n) is 10.3. The average molecular weight is 511 g/mol. The second kappa shape index (κ2) is 7.74. The highest BCUT2D eigenvalue weighted by atomic mass is 79.9. The van der Waals surface area contributed by atoms with Crippen molar-refractivity contribution in [3.8, 4) is 0 Å². The number of hydrogen-bond donors (Lipinski definition) is 0. The van der Waals surface area contributed by atoms with Gasteiger partial charge in [-0.25, -0.2) is 9.38 Å². The van der Waals surface area contributed by atoms with Crippen LogP contribution in [0.3, 0.4) is 0 Å². The predicted octanol–water partition coefficient (Wildman–Crippen LogP) is 4.51. The van der Waals surface area contributed by atoms with Crippen LogP contribution in [0.4, 0.5) is 4.39 Å². The molecule has 0 radical (unpaired) electrons. The van der Waals surface area contributed by atoms with Gasteiger partial charge in [-0.2, -0.15) is 0 Å². The van der Waals surface area contributed by atoms with Gasteiger partial charge in [0.2, 0.25) is 0 Å². The van der Waals surface area contributed by atoms with Gasteiger partial charge >= 0.3 is 0 Å². The lowest BCUT2D eigenvalue weighted by atomic mass is 9.73. The van der Waals surface area contributed by atoms with Crippen LogP contribution in [-0.4, -0.2) is 10.4 Å². The molecule has 2 heterocycles. The smallest absolute Gasteiger partial charge is 0.271 e. The van der Waals surface area contributed by atoms with E-state index in [0.717, 1.165) is 21.3 Å². The molecule has 1 unspecified atom stereocenters. The van der Waals surface area contributed by atoms with E-state index in [0.29, 0.717) is 27.7 Å². The number of Topliss-reactive ketones (excluding diaryl/α,β-unsaturated/α-hetero) is 1. The molecule has 1 atom stereocenters. The second-order valence-corrected chi connectivity index (χ2v) is 10.9. The van der Waals surface area contributed by atoms with Crippen molar-refractivity contribution in [2.75, 3.05) is 0 Å². The van der Waals surface area contributed by atoms with E-state index in [1.54, 1.807) is 22.8 Å². The first-order chi connectivity index (χ1) is 15.2. The van der Waals surface area contributed by atoms with Gasteiger partial charge in [0.15, 0.2) is 10.6 Å². The van der Waals surface area contributed by atoms with E-state index in [2.05, 4.69) is 29.8 Å². The van der Waals surface area contributed by atoms with E-state index < -0.39 is 6.04 Å². The standard InChI is InChI=1S/C25H20BrFN2O2S/c1-25(2)12-18-21(19(30)13-25)22(15-5-7-16(26)8-6-15)29-23(31)20(32-24(29)28-18)11-14-3-9-17(27)10-4-14/h3-11,22H,12-13H2,1-2H3. The van der Waals surface area contributed by atoms with Crippen molar-refractivity contribution in [3.63, 3.8) is 0 Å². The molecule has 0 fully saturated rings. The lowest BCUT2D eigenvalue weighted by Crippen LogP contribution is -2.42. The molecule has 32 heavy (non-hydrogen) atoms. The van der Waals surface area contributed by atoms with Crippen molar-refractivity contribution in [2.24, 2.45) is 10.4 Å². The van der Waals surface area contributed by atoms with Crippen LogP contribution in [0.5, 0.6) is 0 Å². The molecule has 7 heteroatoms. The fourth-order valence-corrected chi connectivity index (χ4v) is 5.70. The van der Waals surface area contributed by atoms with Gasteiger partial charge in [-0.05, 0) is 53.3 Å². The van der Waals surface area contributed by atoms with Crippen LogP contribution in [0.15, 0.2) is 74.1 Å². The molecule has 0 bridgehead atoms.